The quantitative estimate of drug-likeness (QED) is 0.668. The van der Waals surface area contributed by atoms with Gasteiger partial charge in [-0.3, -0.25) is 9.59 Å². The Kier molecular flexibility index (Phi) is 4.51. The number of benzene rings is 1. The van der Waals surface area contributed by atoms with Crippen molar-refractivity contribution in [3.63, 3.8) is 0 Å². The molecule has 0 spiro atoms. The lowest BCUT2D eigenvalue weighted by Crippen LogP contribution is -2.20. The summed E-state index contributed by atoms with van der Waals surface area (Å²) in [5.41, 5.74) is 0.745. The van der Waals surface area contributed by atoms with Crippen LogP contribution in [0.25, 0.3) is 0 Å². The van der Waals surface area contributed by atoms with Gasteiger partial charge in [-0.25, -0.2) is 0 Å². The summed E-state index contributed by atoms with van der Waals surface area (Å²) in [5.74, 6) is -0.998. The van der Waals surface area contributed by atoms with E-state index in [0.29, 0.717) is 29.8 Å². The van der Waals surface area contributed by atoms with Crippen LogP contribution < -0.4 is 0 Å². The van der Waals surface area contributed by atoms with Gasteiger partial charge in [0.05, 0.1) is 5.02 Å². The second-order valence-electron chi connectivity index (χ2n) is 4.67. The number of hydrogen-bond donors (Lipinski definition) is 1. The van der Waals surface area contributed by atoms with E-state index in [1.807, 2.05) is 6.92 Å². The van der Waals surface area contributed by atoms with E-state index < -0.39 is 5.78 Å². The van der Waals surface area contributed by atoms with Crippen molar-refractivity contribution >= 4 is 34.8 Å². The van der Waals surface area contributed by atoms with Crippen molar-refractivity contribution in [3.8, 4) is 0 Å². The normalized spacial score (nSPS) is 15.7. The topological polar surface area (TPSA) is 54.4 Å². The first-order valence-corrected chi connectivity index (χ1v) is 7.19. The summed E-state index contributed by atoms with van der Waals surface area (Å²) in [4.78, 5) is 24.3. The molecule has 0 saturated carbocycles. The molecule has 0 amide bonds. The maximum Gasteiger partial charge on any atom is 0.201 e. The molecule has 0 saturated heterocycles. The zero-order valence-electron chi connectivity index (χ0n) is 11.0. The minimum Gasteiger partial charge on any atom is -0.511 e. The first-order valence-electron chi connectivity index (χ1n) is 6.44. The van der Waals surface area contributed by atoms with Crippen LogP contribution in [0.15, 0.2) is 23.5 Å². The Morgan fingerprint density at radius 3 is 2.60 bits per heavy atom. The third-order valence-corrected chi connectivity index (χ3v) is 4.18. The zero-order valence-corrected chi connectivity index (χ0v) is 12.5. The molecule has 1 aliphatic carbocycles. The maximum absolute atomic E-state index is 12.5. The van der Waals surface area contributed by atoms with E-state index >= 15 is 0 Å². The highest BCUT2D eigenvalue weighted by Gasteiger charge is 2.29. The molecule has 3 nitrogen and oxygen atoms in total. The first kappa shape index (κ1) is 15.1. The lowest BCUT2D eigenvalue weighted by atomic mass is 9.90. The SMILES string of the molecule is CCc1c(Cl)ccc(C(=O)C2=C(O)CCCC2=O)c1Cl. The largest absolute Gasteiger partial charge is 0.511 e. The number of hydrogen-bond acceptors (Lipinski definition) is 3. The molecular weight excluding hydrogens is 299 g/mol. The first-order chi connectivity index (χ1) is 9.47. The van der Waals surface area contributed by atoms with E-state index in [1.165, 1.54) is 6.07 Å². The Labute approximate surface area is 127 Å². The smallest absolute Gasteiger partial charge is 0.201 e. The molecule has 0 heterocycles. The van der Waals surface area contributed by atoms with Gasteiger partial charge in [0.1, 0.15) is 11.3 Å². The summed E-state index contributed by atoms with van der Waals surface area (Å²) in [6.07, 6.45) is 1.77. The van der Waals surface area contributed by atoms with E-state index in [-0.39, 0.29) is 34.1 Å². The molecule has 0 fully saturated rings. The molecular formula is C15H14Cl2O3. The third-order valence-electron chi connectivity index (χ3n) is 3.40. The molecule has 0 aliphatic heterocycles. The van der Waals surface area contributed by atoms with Crippen LogP contribution in [-0.2, 0) is 11.2 Å². The van der Waals surface area contributed by atoms with Crippen LogP contribution in [0, 0.1) is 0 Å². The van der Waals surface area contributed by atoms with Crippen molar-refractivity contribution in [1.29, 1.82) is 0 Å². The fourth-order valence-electron chi connectivity index (χ4n) is 2.32. The molecule has 1 N–H and O–H groups in total. The average molecular weight is 313 g/mol. The summed E-state index contributed by atoms with van der Waals surface area (Å²) >= 11 is 12.2. The van der Waals surface area contributed by atoms with Crippen molar-refractivity contribution in [2.45, 2.75) is 32.6 Å². The number of aliphatic hydroxyl groups is 1. The number of Topliss-reactive ketones (excluding diaryl/α,β-unsaturated/α-hetero) is 2. The number of allylic oxidation sites excluding steroid dienone is 2. The fraction of sp³-hybridized carbons (Fsp3) is 0.333. The lowest BCUT2D eigenvalue weighted by Gasteiger charge is -2.15. The fourth-order valence-corrected chi connectivity index (χ4v) is 3.04. The minimum atomic E-state index is -0.524. The van der Waals surface area contributed by atoms with Crippen LogP contribution in [-0.4, -0.2) is 16.7 Å². The Bertz CT molecular complexity index is 618. The second-order valence-corrected chi connectivity index (χ2v) is 5.45. The molecule has 0 atom stereocenters. The van der Waals surface area contributed by atoms with Crippen LogP contribution in [0.5, 0.6) is 0 Å². The summed E-state index contributed by atoms with van der Waals surface area (Å²) in [6, 6.07) is 3.08. The predicted molar refractivity (Wildman–Crippen MR) is 78.7 cm³/mol. The van der Waals surface area contributed by atoms with Gasteiger partial charge in [-0.05, 0) is 30.5 Å². The van der Waals surface area contributed by atoms with Gasteiger partial charge < -0.3 is 5.11 Å². The molecule has 0 radical (unpaired) electrons. The highest BCUT2D eigenvalue weighted by atomic mass is 35.5. The van der Waals surface area contributed by atoms with Crippen LogP contribution in [0.4, 0.5) is 0 Å². The molecule has 0 aromatic heterocycles. The van der Waals surface area contributed by atoms with Crippen LogP contribution >= 0.6 is 23.2 Å². The van der Waals surface area contributed by atoms with Gasteiger partial charge in [-0.2, -0.15) is 0 Å². The number of carbonyl (C=O) groups is 2. The summed E-state index contributed by atoms with van der Waals surface area (Å²) in [7, 11) is 0. The molecule has 0 unspecified atom stereocenters. The summed E-state index contributed by atoms with van der Waals surface area (Å²) in [6.45, 7) is 1.88. The van der Waals surface area contributed by atoms with Crippen molar-refractivity contribution in [2.75, 3.05) is 0 Å². The van der Waals surface area contributed by atoms with Gasteiger partial charge in [0.2, 0.25) is 5.78 Å². The second kappa shape index (κ2) is 5.98. The molecule has 106 valence electrons. The predicted octanol–water partition coefficient (Wildman–Crippen LogP) is 4.30. The number of aliphatic hydroxyl groups excluding tert-OH is 1. The van der Waals surface area contributed by atoms with E-state index in [9.17, 15) is 14.7 Å². The molecule has 1 aromatic rings. The highest BCUT2D eigenvalue weighted by Crippen LogP contribution is 2.32. The maximum atomic E-state index is 12.5. The van der Waals surface area contributed by atoms with Crippen LogP contribution in [0.3, 0.4) is 0 Å². The van der Waals surface area contributed by atoms with E-state index in [2.05, 4.69) is 0 Å². The van der Waals surface area contributed by atoms with Crippen molar-refractivity contribution in [1.82, 2.24) is 0 Å². The molecule has 0 bridgehead atoms. The standard InChI is InChI=1S/C15H14Cl2O3/c1-2-8-10(16)7-6-9(14(8)17)15(20)13-11(18)4-3-5-12(13)19/h6-7,18H,2-5H2,1H3. The van der Waals surface area contributed by atoms with Gasteiger partial charge in [-0.15, -0.1) is 0 Å². The van der Waals surface area contributed by atoms with E-state index in [0.717, 1.165) is 0 Å². The van der Waals surface area contributed by atoms with Gasteiger partial charge in [0, 0.05) is 23.4 Å². The van der Waals surface area contributed by atoms with Crippen molar-refractivity contribution in [3.05, 3.63) is 44.6 Å². The number of rotatable bonds is 3. The van der Waals surface area contributed by atoms with Crippen molar-refractivity contribution in [2.24, 2.45) is 0 Å². The lowest BCUT2D eigenvalue weighted by molar-refractivity contribution is -0.116. The van der Waals surface area contributed by atoms with E-state index in [4.69, 9.17) is 23.2 Å². The Balaban J connectivity index is 2.52. The van der Waals surface area contributed by atoms with Gasteiger partial charge in [0.25, 0.3) is 0 Å². The average Bonchev–Trinajstić information content (AvgIpc) is 2.39. The molecule has 1 aliphatic rings. The Morgan fingerprint density at radius 1 is 1.30 bits per heavy atom. The molecule has 5 heteroatoms. The molecule has 1 aromatic carbocycles. The Morgan fingerprint density at radius 2 is 2.00 bits per heavy atom. The molecule has 2 rings (SSSR count). The molecule has 20 heavy (non-hydrogen) atoms. The van der Waals surface area contributed by atoms with Gasteiger partial charge in [-0.1, -0.05) is 30.1 Å². The highest BCUT2D eigenvalue weighted by molar-refractivity contribution is 6.40. The number of halogens is 2. The zero-order chi connectivity index (χ0) is 14.9. The minimum absolute atomic E-state index is 0.137. The summed E-state index contributed by atoms with van der Waals surface area (Å²) < 4.78 is 0. The number of carbonyl (C=O) groups excluding carboxylic acids is 2. The number of ketones is 2. The van der Waals surface area contributed by atoms with E-state index in [1.54, 1.807) is 6.07 Å². The Hall–Kier alpha value is -1.32. The van der Waals surface area contributed by atoms with Crippen LogP contribution in [0.1, 0.15) is 42.1 Å². The third kappa shape index (κ3) is 2.60. The van der Waals surface area contributed by atoms with Crippen molar-refractivity contribution < 1.29 is 14.7 Å². The van der Waals surface area contributed by atoms with Gasteiger partial charge in [0.15, 0.2) is 5.78 Å². The summed E-state index contributed by atoms with van der Waals surface area (Å²) in [5, 5.41) is 10.6. The monoisotopic (exact) mass is 312 g/mol. The van der Waals surface area contributed by atoms with Gasteiger partial charge >= 0.3 is 0 Å². The van der Waals surface area contributed by atoms with Crippen LogP contribution in [0.2, 0.25) is 10.0 Å².